The van der Waals surface area contributed by atoms with Crippen molar-refractivity contribution in [3.63, 3.8) is 0 Å². The van der Waals surface area contributed by atoms with Crippen molar-refractivity contribution in [2.24, 2.45) is 4.40 Å². The SMILES string of the molecule is CCOC(=O)C1=C(N[C@H](CC)c2cc(C(C)C)co2)C(Nc2cccc(S(=O)(=O)N(C)C)c2O)=NS1(=O)=O. The van der Waals surface area contributed by atoms with E-state index in [-0.39, 0.29) is 29.7 Å². The Hall–Kier alpha value is -3.36. The minimum absolute atomic E-state index is 0.0771. The normalized spacial score (nSPS) is 16.1. The summed E-state index contributed by atoms with van der Waals surface area (Å²) in [5.74, 6) is -1.38. The fourth-order valence-electron chi connectivity index (χ4n) is 3.63. The largest absolute Gasteiger partial charge is 0.504 e. The molecular formula is C24H32N4O8S2. The summed E-state index contributed by atoms with van der Waals surface area (Å²) in [4.78, 5) is 11.6. The number of nitrogens with zero attached hydrogens (tertiary/aromatic N) is 2. The van der Waals surface area contributed by atoms with E-state index in [1.54, 1.807) is 6.26 Å². The lowest BCUT2D eigenvalue weighted by molar-refractivity contribution is -0.137. The fraction of sp³-hybridized carbons (Fsp3) is 0.417. The standard InChI is InChI=1S/C24H32N4O8S2/c1-7-16(18-12-15(13-36-18)14(3)4)25-20-22(24(30)35-8-2)37(31,32)27-23(20)26-17-10-9-11-19(21(17)29)38(33,34)28(5)6/h9-14,16,25,29H,7-8H2,1-6H3,(H,26,27)/t16-/m1/s1. The minimum atomic E-state index is -4.51. The number of nitrogens with one attached hydrogen (secondary N) is 2. The van der Waals surface area contributed by atoms with E-state index < -0.39 is 47.6 Å². The summed E-state index contributed by atoms with van der Waals surface area (Å²) in [6, 6.07) is 5.20. The molecule has 0 saturated carbocycles. The summed E-state index contributed by atoms with van der Waals surface area (Å²) in [6.45, 7) is 7.30. The number of aromatic hydroxyl groups is 1. The van der Waals surface area contributed by atoms with Gasteiger partial charge < -0.3 is 24.9 Å². The fourth-order valence-corrected chi connectivity index (χ4v) is 5.78. The van der Waals surface area contributed by atoms with E-state index in [4.69, 9.17) is 9.15 Å². The van der Waals surface area contributed by atoms with Gasteiger partial charge in [0.25, 0.3) is 10.0 Å². The first-order valence-corrected chi connectivity index (χ1v) is 14.8. The molecule has 0 radical (unpaired) electrons. The summed E-state index contributed by atoms with van der Waals surface area (Å²) in [5, 5.41) is 16.5. The Morgan fingerprint density at radius 1 is 1.24 bits per heavy atom. The van der Waals surface area contributed by atoms with E-state index in [1.165, 1.54) is 39.2 Å². The van der Waals surface area contributed by atoms with Crippen LogP contribution in [0, 0.1) is 0 Å². The third kappa shape index (κ3) is 5.71. The van der Waals surface area contributed by atoms with E-state index in [1.807, 2.05) is 26.8 Å². The first kappa shape index (κ1) is 29.2. The van der Waals surface area contributed by atoms with Gasteiger partial charge in [-0.2, -0.15) is 8.42 Å². The Morgan fingerprint density at radius 2 is 1.92 bits per heavy atom. The number of phenols is 1. The van der Waals surface area contributed by atoms with Gasteiger partial charge in [-0.15, -0.1) is 4.40 Å². The van der Waals surface area contributed by atoms with Gasteiger partial charge in [0.2, 0.25) is 14.9 Å². The molecule has 1 aliphatic rings. The number of carbonyl (C=O) groups excluding carboxylic acids is 1. The quantitative estimate of drug-likeness (QED) is 0.286. The number of anilines is 1. The van der Waals surface area contributed by atoms with Gasteiger partial charge in [0.1, 0.15) is 16.4 Å². The molecule has 0 fully saturated rings. The van der Waals surface area contributed by atoms with Gasteiger partial charge in [-0.1, -0.05) is 26.8 Å². The van der Waals surface area contributed by atoms with Gasteiger partial charge in [-0.25, -0.2) is 17.5 Å². The zero-order chi connectivity index (χ0) is 28.4. The van der Waals surface area contributed by atoms with Crippen LogP contribution in [0.2, 0.25) is 0 Å². The number of rotatable bonds is 10. The Labute approximate surface area is 222 Å². The molecule has 0 unspecified atom stereocenters. The van der Waals surface area contributed by atoms with Crippen LogP contribution in [0.25, 0.3) is 0 Å². The number of amidine groups is 1. The number of esters is 1. The predicted molar refractivity (Wildman–Crippen MR) is 142 cm³/mol. The number of sulfonamides is 2. The number of phenolic OH excluding ortho intramolecular Hbond substituents is 1. The highest BCUT2D eigenvalue weighted by atomic mass is 32.2. The van der Waals surface area contributed by atoms with E-state index in [9.17, 15) is 26.7 Å². The monoisotopic (exact) mass is 568 g/mol. The van der Waals surface area contributed by atoms with Gasteiger partial charge in [0.15, 0.2) is 11.6 Å². The molecule has 1 aromatic carbocycles. The number of benzene rings is 1. The zero-order valence-corrected chi connectivity index (χ0v) is 23.6. The summed E-state index contributed by atoms with van der Waals surface area (Å²) < 4.78 is 66.5. The van der Waals surface area contributed by atoms with Crippen molar-refractivity contribution in [3.05, 3.63) is 52.5 Å². The van der Waals surface area contributed by atoms with E-state index in [0.29, 0.717) is 12.2 Å². The molecule has 208 valence electrons. The highest BCUT2D eigenvalue weighted by Gasteiger charge is 2.40. The van der Waals surface area contributed by atoms with Crippen LogP contribution in [0.4, 0.5) is 5.69 Å². The molecule has 1 aromatic heterocycles. The van der Waals surface area contributed by atoms with Crippen molar-refractivity contribution in [3.8, 4) is 5.75 Å². The highest BCUT2D eigenvalue weighted by molar-refractivity contribution is 7.95. The van der Waals surface area contributed by atoms with Crippen molar-refractivity contribution in [1.82, 2.24) is 9.62 Å². The van der Waals surface area contributed by atoms with Crippen LogP contribution in [0.3, 0.4) is 0 Å². The molecule has 0 spiro atoms. The molecule has 0 bridgehead atoms. The average molecular weight is 569 g/mol. The number of furan rings is 1. The maximum Gasteiger partial charge on any atom is 0.354 e. The summed E-state index contributed by atoms with van der Waals surface area (Å²) in [5.41, 5.74) is 0.604. The van der Waals surface area contributed by atoms with Gasteiger partial charge in [0.05, 0.1) is 24.6 Å². The maximum absolute atomic E-state index is 13.0. The van der Waals surface area contributed by atoms with E-state index >= 15 is 0 Å². The van der Waals surface area contributed by atoms with Crippen LogP contribution in [0.5, 0.6) is 5.75 Å². The molecule has 0 saturated heterocycles. The highest BCUT2D eigenvalue weighted by Crippen LogP contribution is 2.35. The molecule has 3 N–H and O–H groups in total. The summed E-state index contributed by atoms with van der Waals surface area (Å²) >= 11 is 0. The summed E-state index contributed by atoms with van der Waals surface area (Å²) in [6.07, 6.45) is 2.05. The zero-order valence-electron chi connectivity index (χ0n) is 22.0. The number of ether oxygens (including phenoxy) is 1. The van der Waals surface area contributed by atoms with Gasteiger partial charge >= 0.3 is 5.97 Å². The molecule has 38 heavy (non-hydrogen) atoms. The predicted octanol–water partition coefficient (Wildman–Crippen LogP) is 3.03. The topological polar surface area (TPSA) is 168 Å². The van der Waals surface area contributed by atoms with Crippen molar-refractivity contribution < 1.29 is 35.9 Å². The molecule has 1 aliphatic heterocycles. The molecule has 0 aliphatic carbocycles. The Bertz CT molecular complexity index is 1490. The molecule has 0 amide bonds. The second-order valence-corrected chi connectivity index (χ2v) is 12.6. The lowest BCUT2D eigenvalue weighted by Crippen LogP contribution is -2.30. The molecular weight excluding hydrogens is 536 g/mol. The molecule has 12 nitrogen and oxygen atoms in total. The molecule has 2 aromatic rings. The van der Waals surface area contributed by atoms with Crippen LogP contribution in [0.15, 0.2) is 54.8 Å². The van der Waals surface area contributed by atoms with Crippen LogP contribution in [-0.2, 0) is 29.6 Å². The summed E-state index contributed by atoms with van der Waals surface area (Å²) in [7, 11) is -5.91. The molecule has 14 heteroatoms. The number of para-hydroxylation sites is 1. The van der Waals surface area contributed by atoms with Crippen molar-refractivity contribution in [2.45, 2.75) is 51.0 Å². The smallest absolute Gasteiger partial charge is 0.354 e. The van der Waals surface area contributed by atoms with Crippen LogP contribution in [0.1, 0.15) is 57.4 Å². The second kappa shape index (κ2) is 11.2. The van der Waals surface area contributed by atoms with E-state index in [0.717, 1.165) is 9.87 Å². The molecule has 2 heterocycles. The number of carbonyl (C=O) groups is 1. The Kier molecular flexibility index (Phi) is 8.58. The Balaban J connectivity index is 2.11. The second-order valence-electron chi connectivity index (χ2n) is 8.95. The maximum atomic E-state index is 13.0. The molecule has 3 rings (SSSR count). The van der Waals surface area contributed by atoms with Gasteiger partial charge in [0, 0.05) is 14.1 Å². The van der Waals surface area contributed by atoms with Crippen LogP contribution >= 0.6 is 0 Å². The molecule has 1 atom stereocenters. The van der Waals surface area contributed by atoms with Gasteiger partial charge in [-0.3, -0.25) is 0 Å². The number of hydrogen-bond donors (Lipinski definition) is 3. The van der Waals surface area contributed by atoms with Crippen molar-refractivity contribution in [2.75, 3.05) is 26.0 Å². The first-order chi connectivity index (χ1) is 17.7. The average Bonchev–Trinajstić information content (AvgIpc) is 3.41. The van der Waals surface area contributed by atoms with Crippen molar-refractivity contribution in [1.29, 1.82) is 0 Å². The van der Waals surface area contributed by atoms with E-state index in [2.05, 4.69) is 15.0 Å². The van der Waals surface area contributed by atoms with Crippen LogP contribution < -0.4 is 10.6 Å². The van der Waals surface area contributed by atoms with Gasteiger partial charge in [-0.05, 0) is 43.0 Å². The van der Waals surface area contributed by atoms with Crippen LogP contribution in [-0.4, -0.2) is 58.8 Å². The first-order valence-electron chi connectivity index (χ1n) is 11.9. The lowest BCUT2D eigenvalue weighted by Gasteiger charge is -2.20. The number of hydrogen-bond acceptors (Lipinski definition) is 10. The third-order valence-electron chi connectivity index (χ3n) is 5.78. The third-order valence-corrected chi connectivity index (χ3v) is 8.94. The Morgan fingerprint density at radius 3 is 2.47 bits per heavy atom. The van der Waals surface area contributed by atoms with Crippen molar-refractivity contribution >= 4 is 37.5 Å². The minimum Gasteiger partial charge on any atom is -0.504 e. The lowest BCUT2D eigenvalue weighted by atomic mass is 10.1.